The van der Waals surface area contributed by atoms with Crippen LogP contribution in [-0.2, 0) is 13.7 Å². The SMILES string of the molecule is Cn1[nH]c(=O)c(=O)nc1Sc1ccc([N+](=O)[O-])c(CO)c1. The molecule has 2 N–H and O–H groups in total. The number of benzene rings is 1. The molecule has 0 saturated carbocycles. The first kappa shape index (κ1) is 14.9. The van der Waals surface area contributed by atoms with Crippen molar-refractivity contribution in [1.29, 1.82) is 0 Å². The number of aromatic nitrogens is 3. The average Bonchev–Trinajstić information content (AvgIpc) is 2.44. The molecule has 0 saturated heterocycles. The lowest BCUT2D eigenvalue weighted by Gasteiger charge is -2.07. The molecule has 2 aromatic rings. The lowest BCUT2D eigenvalue weighted by Crippen LogP contribution is -2.33. The van der Waals surface area contributed by atoms with Gasteiger partial charge in [-0.3, -0.25) is 29.5 Å². The van der Waals surface area contributed by atoms with E-state index < -0.39 is 22.6 Å². The summed E-state index contributed by atoms with van der Waals surface area (Å²) in [6, 6.07) is 4.16. The molecule has 1 heterocycles. The fourth-order valence-corrected chi connectivity index (χ4v) is 2.45. The monoisotopic (exact) mass is 310 g/mol. The van der Waals surface area contributed by atoms with Crippen molar-refractivity contribution in [2.75, 3.05) is 0 Å². The van der Waals surface area contributed by atoms with Gasteiger partial charge >= 0.3 is 11.1 Å². The Morgan fingerprint density at radius 2 is 2.19 bits per heavy atom. The van der Waals surface area contributed by atoms with E-state index in [1.54, 1.807) is 0 Å². The van der Waals surface area contributed by atoms with Crippen LogP contribution in [0.15, 0.2) is 37.8 Å². The second-order valence-corrected chi connectivity index (χ2v) is 5.05. The molecule has 10 heteroatoms. The van der Waals surface area contributed by atoms with E-state index in [2.05, 4.69) is 10.1 Å². The van der Waals surface area contributed by atoms with Gasteiger partial charge in [0.15, 0.2) is 5.16 Å². The van der Waals surface area contributed by atoms with Crippen LogP contribution in [-0.4, -0.2) is 24.8 Å². The Morgan fingerprint density at radius 1 is 1.48 bits per heavy atom. The van der Waals surface area contributed by atoms with Crippen molar-refractivity contribution in [3.05, 3.63) is 54.6 Å². The molecular formula is C11H10N4O5S. The molecule has 0 fully saturated rings. The molecule has 0 aliphatic rings. The van der Waals surface area contributed by atoms with Gasteiger partial charge in [-0.1, -0.05) is 11.8 Å². The summed E-state index contributed by atoms with van der Waals surface area (Å²) in [5.41, 5.74) is -1.79. The van der Waals surface area contributed by atoms with Crippen molar-refractivity contribution in [2.45, 2.75) is 16.7 Å². The van der Waals surface area contributed by atoms with E-state index >= 15 is 0 Å². The number of H-pyrrole nitrogens is 1. The van der Waals surface area contributed by atoms with Crippen molar-refractivity contribution in [3.63, 3.8) is 0 Å². The van der Waals surface area contributed by atoms with Gasteiger partial charge in [0.25, 0.3) is 5.69 Å². The Balaban J connectivity index is 2.41. The molecule has 0 spiro atoms. The maximum absolute atomic E-state index is 11.2. The summed E-state index contributed by atoms with van der Waals surface area (Å²) in [4.78, 5) is 36.7. The van der Waals surface area contributed by atoms with Gasteiger partial charge in [-0.15, -0.1) is 0 Å². The van der Waals surface area contributed by atoms with Gasteiger partial charge in [-0.05, 0) is 12.1 Å². The molecule has 0 atom stereocenters. The molecule has 0 aliphatic heterocycles. The third-order valence-corrected chi connectivity index (χ3v) is 3.61. The quantitative estimate of drug-likeness (QED) is 0.462. The number of aliphatic hydroxyl groups excluding tert-OH is 1. The number of nitro groups is 1. The van der Waals surface area contributed by atoms with E-state index in [4.69, 9.17) is 5.11 Å². The summed E-state index contributed by atoms with van der Waals surface area (Å²) in [5, 5.41) is 22.5. The third-order valence-electron chi connectivity index (χ3n) is 2.57. The maximum atomic E-state index is 11.2. The van der Waals surface area contributed by atoms with E-state index in [-0.39, 0.29) is 16.4 Å². The largest absolute Gasteiger partial charge is 0.391 e. The first-order valence-electron chi connectivity index (χ1n) is 5.65. The number of nitrogens with one attached hydrogen (secondary N) is 1. The zero-order valence-corrected chi connectivity index (χ0v) is 11.6. The van der Waals surface area contributed by atoms with Crippen LogP contribution in [0.4, 0.5) is 5.69 Å². The highest BCUT2D eigenvalue weighted by Crippen LogP contribution is 2.29. The Bertz CT molecular complexity index is 813. The topological polar surface area (TPSA) is 131 Å². The second-order valence-electron chi connectivity index (χ2n) is 4.01. The molecule has 0 aliphatic carbocycles. The zero-order valence-electron chi connectivity index (χ0n) is 10.8. The maximum Gasteiger partial charge on any atom is 0.339 e. The number of rotatable bonds is 4. The number of hydrogen-bond acceptors (Lipinski definition) is 7. The minimum atomic E-state index is -0.917. The fourth-order valence-electron chi connectivity index (χ4n) is 1.59. The fraction of sp³-hybridized carbons (Fsp3) is 0.182. The minimum Gasteiger partial charge on any atom is -0.391 e. The number of aliphatic hydroxyl groups is 1. The molecule has 21 heavy (non-hydrogen) atoms. The smallest absolute Gasteiger partial charge is 0.339 e. The molecule has 110 valence electrons. The van der Waals surface area contributed by atoms with Crippen LogP contribution in [0.25, 0.3) is 0 Å². The Morgan fingerprint density at radius 3 is 2.81 bits per heavy atom. The molecular weight excluding hydrogens is 300 g/mol. The predicted octanol–water partition coefficient (Wildman–Crippen LogP) is 0.0203. The van der Waals surface area contributed by atoms with Crippen molar-refractivity contribution in [1.82, 2.24) is 14.8 Å². The van der Waals surface area contributed by atoms with Crippen LogP contribution < -0.4 is 11.1 Å². The molecule has 1 aromatic heterocycles. The van der Waals surface area contributed by atoms with Crippen LogP contribution in [0.3, 0.4) is 0 Å². The third kappa shape index (κ3) is 3.17. The molecule has 0 radical (unpaired) electrons. The van der Waals surface area contributed by atoms with Crippen LogP contribution in [0.5, 0.6) is 0 Å². The molecule has 2 rings (SSSR count). The van der Waals surface area contributed by atoms with E-state index in [1.165, 1.54) is 29.9 Å². The van der Waals surface area contributed by atoms with Crippen LogP contribution in [0, 0.1) is 10.1 Å². The Hall–Kier alpha value is -2.46. The van der Waals surface area contributed by atoms with Gasteiger partial charge in [0.2, 0.25) is 0 Å². The zero-order chi connectivity index (χ0) is 15.6. The molecule has 0 bridgehead atoms. The summed E-state index contributed by atoms with van der Waals surface area (Å²) in [7, 11) is 1.51. The van der Waals surface area contributed by atoms with Crippen molar-refractivity contribution in [3.8, 4) is 0 Å². The number of aryl methyl sites for hydroxylation is 1. The van der Waals surface area contributed by atoms with E-state index in [0.717, 1.165) is 11.8 Å². The molecule has 9 nitrogen and oxygen atoms in total. The Kier molecular flexibility index (Phi) is 4.19. The number of nitrogens with zero attached hydrogens (tertiary/aromatic N) is 3. The predicted molar refractivity (Wildman–Crippen MR) is 73.2 cm³/mol. The highest BCUT2D eigenvalue weighted by Gasteiger charge is 2.14. The number of nitro benzene ring substituents is 1. The van der Waals surface area contributed by atoms with Gasteiger partial charge in [-0.2, -0.15) is 4.98 Å². The lowest BCUT2D eigenvalue weighted by molar-refractivity contribution is -0.385. The lowest BCUT2D eigenvalue weighted by atomic mass is 10.2. The summed E-state index contributed by atoms with van der Waals surface area (Å²) in [6.45, 7) is -0.483. The van der Waals surface area contributed by atoms with Crippen LogP contribution in [0.2, 0.25) is 0 Å². The van der Waals surface area contributed by atoms with E-state index in [1.807, 2.05) is 0 Å². The first-order valence-corrected chi connectivity index (χ1v) is 6.47. The van der Waals surface area contributed by atoms with Crippen LogP contribution >= 0.6 is 11.8 Å². The Labute approximate surface area is 121 Å². The van der Waals surface area contributed by atoms with Gasteiger partial charge in [0.05, 0.1) is 17.1 Å². The van der Waals surface area contributed by atoms with Crippen molar-refractivity contribution in [2.24, 2.45) is 7.05 Å². The minimum absolute atomic E-state index is 0.152. The van der Waals surface area contributed by atoms with Gasteiger partial charge in [-0.25, -0.2) is 0 Å². The van der Waals surface area contributed by atoms with E-state index in [0.29, 0.717) is 4.90 Å². The normalized spacial score (nSPS) is 10.6. The molecule has 0 unspecified atom stereocenters. The summed E-state index contributed by atoms with van der Waals surface area (Å²) < 4.78 is 1.27. The summed E-state index contributed by atoms with van der Waals surface area (Å²) in [5.74, 6) is 0. The van der Waals surface area contributed by atoms with Gasteiger partial charge in [0.1, 0.15) is 0 Å². The van der Waals surface area contributed by atoms with Crippen LogP contribution in [0.1, 0.15) is 5.56 Å². The molecule has 0 amide bonds. The van der Waals surface area contributed by atoms with Crippen molar-refractivity contribution >= 4 is 17.4 Å². The highest BCUT2D eigenvalue weighted by atomic mass is 32.2. The first-order chi connectivity index (χ1) is 9.92. The van der Waals surface area contributed by atoms with Gasteiger partial charge in [0, 0.05) is 18.0 Å². The highest BCUT2D eigenvalue weighted by molar-refractivity contribution is 7.99. The van der Waals surface area contributed by atoms with E-state index in [9.17, 15) is 19.7 Å². The number of hydrogen-bond donors (Lipinski definition) is 2. The summed E-state index contributed by atoms with van der Waals surface area (Å²) in [6.07, 6.45) is 0. The second kappa shape index (κ2) is 5.89. The summed E-state index contributed by atoms with van der Waals surface area (Å²) >= 11 is 1.04. The van der Waals surface area contributed by atoms with Crippen molar-refractivity contribution < 1.29 is 10.0 Å². The average molecular weight is 310 g/mol. The van der Waals surface area contributed by atoms with Gasteiger partial charge < -0.3 is 5.11 Å². The number of aromatic amines is 1. The molecule has 1 aromatic carbocycles. The standard InChI is InChI=1S/C11H10N4O5S/c1-14-11(12-9(17)10(18)13-14)21-7-2-3-8(15(19)20)6(4-7)5-16/h2-4,16H,5H2,1H3,(H,13,18).